The van der Waals surface area contributed by atoms with Gasteiger partial charge in [0, 0.05) is 36.9 Å². The first-order valence-corrected chi connectivity index (χ1v) is 7.10. The molecule has 0 bridgehead atoms. The highest BCUT2D eigenvalue weighted by atomic mass is 16.6. The van der Waals surface area contributed by atoms with Crippen molar-refractivity contribution in [2.45, 2.75) is 32.7 Å². The summed E-state index contributed by atoms with van der Waals surface area (Å²) in [4.78, 5) is 24.8. The Kier molecular flexibility index (Phi) is 4.57. The number of benzene rings is 1. The van der Waals surface area contributed by atoms with E-state index in [-0.39, 0.29) is 30.2 Å². The monoisotopic (exact) mass is 292 g/mol. The second-order valence-corrected chi connectivity index (χ2v) is 5.75. The second-order valence-electron chi connectivity index (χ2n) is 5.75. The molecule has 1 fully saturated rings. The summed E-state index contributed by atoms with van der Waals surface area (Å²) < 4.78 is 0. The standard InChI is InChI=1S/C15H20N2O4/c1-10-5-13(7-14(6-10)17(20)21)15(19)16-8-12(9-18)4-3-11(16)2/h5-7,11-12,18H,3-4,8-9H2,1-2H3. The molecule has 1 aliphatic rings. The first kappa shape index (κ1) is 15.4. The quantitative estimate of drug-likeness (QED) is 0.683. The molecule has 0 spiro atoms. The van der Waals surface area contributed by atoms with Crippen molar-refractivity contribution in [2.24, 2.45) is 5.92 Å². The van der Waals surface area contributed by atoms with E-state index in [4.69, 9.17) is 0 Å². The highest BCUT2D eigenvalue weighted by molar-refractivity contribution is 5.95. The lowest BCUT2D eigenvalue weighted by Crippen LogP contribution is -2.46. The molecule has 114 valence electrons. The van der Waals surface area contributed by atoms with Crippen LogP contribution < -0.4 is 0 Å². The molecule has 2 rings (SSSR count). The number of nitro benzene ring substituents is 1. The third-order valence-electron chi connectivity index (χ3n) is 4.02. The number of hydrogen-bond donors (Lipinski definition) is 1. The van der Waals surface area contributed by atoms with Gasteiger partial charge in [-0.1, -0.05) is 0 Å². The number of carbonyl (C=O) groups is 1. The van der Waals surface area contributed by atoms with Crippen molar-refractivity contribution in [3.05, 3.63) is 39.4 Å². The molecule has 1 aromatic rings. The Morgan fingerprint density at radius 1 is 1.43 bits per heavy atom. The average molecular weight is 292 g/mol. The van der Waals surface area contributed by atoms with E-state index in [9.17, 15) is 20.0 Å². The van der Waals surface area contributed by atoms with Gasteiger partial charge >= 0.3 is 0 Å². The molecule has 1 aromatic carbocycles. The topological polar surface area (TPSA) is 83.7 Å². The van der Waals surface area contributed by atoms with Crippen molar-refractivity contribution in [1.82, 2.24) is 4.90 Å². The van der Waals surface area contributed by atoms with E-state index in [0.717, 1.165) is 12.8 Å². The van der Waals surface area contributed by atoms with Crippen LogP contribution in [0.3, 0.4) is 0 Å². The fraction of sp³-hybridized carbons (Fsp3) is 0.533. The molecule has 1 aliphatic heterocycles. The zero-order valence-electron chi connectivity index (χ0n) is 12.3. The van der Waals surface area contributed by atoms with Crippen molar-refractivity contribution in [3.63, 3.8) is 0 Å². The SMILES string of the molecule is Cc1cc(C(=O)N2CC(CO)CCC2C)cc([N+](=O)[O-])c1. The van der Waals surface area contributed by atoms with Crippen molar-refractivity contribution in [2.75, 3.05) is 13.2 Å². The molecule has 1 heterocycles. The molecule has 0 saturated carbocycles. The molecule has 6 nitrogen and oxygen atoms in total. The van der Waals surface area contributed by atoms with Gasteiger partial charge in [0.05, 0.1) is 4.92 Å². The third kappa shape index (κ3) is 3.39. The number of aliphatic hydroxyl groups excluding tert-OH is 1. The van der Waals surface area contributed by atoms with Crippen molar-refractivity contribution >= 4 is 11.6 Å². The number of hydrogen-bond acceptors (Lipinski definition) is 4. The van der Waals surface area contributed by atoms with Gasteiger partial charge < -0.3 is 10.0 Å². The van der Waals surface area contributed by atoms with Crippen LogP contribution in [-0.2, 0) is 0 Å². The molecule has 2 unspecified atom stereocenters. The van der Waals surface area contributed by atoms with Gasteiger partial charge in [0.2, 0.25) is 0 Å². The van der Waals surface area contributed by atoms with Gasteiger partial charge in [-0.15, -0.1) is 0 Å². The van der Waals surface area contributed by atoms with Crippen LogP contribution in [0.1, 0.15) is 35.7 Å². The Labute approximate surface area is 123 Å². The van der Waals surface area contributed by atoms with Crippen molar-refractivity contribution in [1.29, 1.82) is 0 Å². The zero-order valence-corrected chi connectivity index (χ0v) is 12.3. The number of likely N-dealkylation sites (tertiary alicyclic amines) is 1. The molecule has 1 amide bonds. The number of non-ortho nitro benzene ring substituents is 1. The van der Waals surface area contributed by atoms with Crippen LogP contribution in [-0.4, -0.2) is 40.0 Å². The summed E-state index contributed by atoms with van der Waals surface area (Å²) in [6, 6.07) is 4.53. The molecule has 1 saturated heterocycles. The largest absolute Gasteiger partial charge is 0.396 e. The number of carbonyl (C=O) groups excluding carboxylic acids is 1. The molecule has 0 aromatic heterocycles. The Hall–Kier alpha value is -1.95. The lowest BCUT2D eigenvalue weighted by Gasteiger charge is -2.37. The van der Waals surface area contributed by atoms with Crippen LogP contribution >= 0.6 is 0 Å². The average Bonchev–Trinajstić information content (AvgIpc) is 2.46. The minimum absolute atomic E-state index is 0.0600. The van der Waals surface area contributed by atoms with Crippen molar-refractivity contribution in [3.8, 4) is 0 Å². The second kappa shape index (κ2) is 6.22. The first-order chi connectivity index (χ1) is 9.92. The number of piperidine rings is 1. The minimum atomic E-state index is -0.486. The maximum atomic E-state index is 12.6. The number of rotatable bonds is 3. The summed E-state index contributed by atoms with van der Waals surface area (Å²) in [6.07, 6.45) is 1.74. The summed E-state index contributed by atoms with van der Waals surface area (Å²) in [6.45, 7) is 4.26. The summed E-state index contributed by atoms with van der Waals surface area (Å²) in [5.41, 5.74) is 0.963. The van der Waals surface area contributed by atoms with E-state index in [1.165, 1.54) is 12.1 Å². The van der Waals surface area contributed by atoms with Crippen LogP contribution in [0.25, 0.3) is 0 Å². The molecule has 1 N–H and O–H groups in total. The third-order valence-corrected chi connectivity index (χ3v) is 4.02. The number of nitrogens with zero attached hydrogens (tertiary/aromatic N) is 2. The van der Waals surface area contributed by atoms with Gasteiger partial charge in [-0.05, 0) is 44.2 Å². The van der Waals surface area contributed by atoms with Crippen LogP contribution in [0.2, 0.25) is 0 Å². The fourth-order valence-electron chi connectivity index (χ4n) is 2.77. The zero-order chi connectivity index (χ0) is 15.6. The number of amides is 1. The van der Waals surface area contributed by atoms with E-state index in [0.29, 0.717) is 17.7 Å². The predicted octanol–water partition coefficient (Wildman–Crippen LogP) is 2.14. The molecule has 21 heavy (non-hydrogen) atoms. The van der Waals surface area contributed by atoms with Crippen LogP contribution in [0, 0.1) is 23.0 Å². The molecule has 0 aliphatic carbocycles. The van der Waals surface area contributed by atoms with Gasteiger partial charge in [-0.2, -0.15) is 0 Å². The Balaban J connectivity index is 2.28. The van der Waals surface area contributed by atoms with E-state index in [2.05, 4.69) is 0 Å². The molecular weight excluding hydrogens is 272 g/mol. The van der Waals surface area contributed by atoms with Crippen molar-refractivity contribution < 1.29 is 14.8 Å². The lowest BCUT2D eigenvalue weighted by atomic mass is 9.93. The Morgan fingerprint density at radius 3 is 2.76 bits per heavy atom. The Morgan fingerprint density at radius 2 is 2.14 bits per heavy atom. The van der Waals surface area contributed by atoms with Gasteiger partial charge in [0.15, 0.2) is 0 Å². The summed E-state index contributed by atoms with van der Waals surface area (Å²) >= 11 is 0. The van der Waals surface area contributed by atoms with E-state index < -0.39 is 4.92 Å². The van der Waals surface area contributed by atoms with Gasteiger partial charge in [-0.25, -0.2) is 0 Å². The van der Waals surface area contributed by atoms with Crippen LogP contribution in [0.5, 0.6) is 0 Å². The maximum absolute atomic E-state index is 12.6. The molecular formula is C15H20N2O4. The minimum Gasteiger partial charge on any atom is -0.396 e. The summed E-state index contributed by atoms with van der Waals surface area (Å²) in [7, 11) is 0. The molecule has 6 heteroatoms. The van der Waals surface area contributed by atoms with E-state index in [1.54, 1.807) is 17.9 Å². The fourth-order valence-corrected chi connectivity index (χ4v) is 2.77. The smallest absolute Gasteiger partial charge is 0.270 e. The summed E-state index contributed by atoms with van der Waals surface area (Å²) in [5.74, 6) is -0.114. The number of aryl methyl sites for hydroxylation is 1. The predicted molar refractivity (Wildman–Crippen MR) is 78.1 cm³/mol. The van der Waals surface area contributed by atoms with Crippen LogP contribution in [0.15, 0.2) is 18.2 Å². The Bertz CT molecular complexity index is 559. The van der Waals surface area contributed by atoms with E-state index >= 15 is 0 Å². The number of aliphatic hydroxyl groups is 1. The van der Waals surface area contributed by atoms with E-state index in [1.807, 2.05) is 6.92 Å². The van der Waals surface area contributed by atoms with Crippen LogP contribution in [0.4, 0.5) is 5.69 Å². The lowest BCUT2D eigenvalue weighted by molar-refractivity contribution is -0.384. The normalized spacial score (nSPS) is 22.1. The molecule has 2 atom stereocenters. The maximum Gasteiger partial charge on any atom is 0.270 e. The number of nitro groups is 1. The molecule has 0 radical (unpaired) electrons. The highest BCUT2D eigenvalue weighted by Crippen LogP contribution is 2.25. The highest BCUT2D eigenvalue weighted by Gasteiger charge is 2.30. The van der Waals surface area contributed by atoms with Gasteiger partial charge in [0.1, 0.15) is 0 Å². The van der Waals surface area contributed by atoms with Gasteiger partial charge in [0.25, 0.3) is 11.6 Å². The summed E-state index contributed by atoms with van der Waals surface area (Å²) in [5, 5.41) is 20.2. The van der Waals surface area contributed by atoms with Gasteiger partial charge in [-0.3, -0.25) is 14.9 Å². The first-order valence-electron chi connectivity index (χ1n) is 7.10.